The SMILES string of the molecule is COC(=O)c1sc(C#CC(C)(C)C)cc1N(C(=O)[C@H]1CC[C@H](C)CC1)[C@H]1CCN(C(=O)OC(C)(C)C)C1. The maximum atomic E-state index is 14.1. The maximum Gasteiger partial charge on any atom is 0.410 e. The van der Waals surface area contributed by atoms with Crippen molar-refractivity contribution in [1.29, 1.82) is 0 Å². The average molecular weight is 531 g/mol. The topological polar surface area (TPSA) is 76.2 Å². The number of nitrogens with zero attached hydrogens (tertiary/aromatic N) is 2. The fourth-order valence-electron chi connectivity index (χ4n) is 4.75. The lowest BCUT2D eigenvalue weighted by Gasteiger charge is -2.34. The van der Waals surface area contributed by atoms with Gasteiger partial charge in [0.2, 0.25) is 5.91 Å². The van der Waals surface area contributed by atoms with Gasteiger partial charge in [-0.05, 0) is 85.6 Å². The van der Waals surface area contributed by atoms with Crippen molar-refractivity contribution in [3.05, 3.63) is 15.8 Å². The van der Waals surface area contributed by atoms with Crippen molar-refractivity contribution in [2.75, 3.05) is 25.1 Å². The summed E-state index contributed by atoms with van der Waals surface area (Å²) in [5.41, 5.74) is -0.270. The van der Waals surface area contributed by atoms with Crippen LogP contribution in [0.4, 0.5) is 10.5 Å². The van der Waals surface area contributed by atoms with Gasteiger partial charge in [0, 0.05) is 24.4 Å². The second-order valence-electron chi connectivity index (χ2n) is 12.4. The van der Waals surface area contributed by atoms with Gasteiger partial charge in [0.15, 0.2) is 0 Å². The highest BCUT2D eigenvalue weighted by Gasteiger charge is 2.40. The van der Waals surface area contributed by atoms with Crippen LogP contribution in [0.5, 0.6) is 0 Å². The zero-order valence-corrected chi connectivity index (χ0v) is 24.4. The van der Waals surface area contributed by atoms with Crippen LogP contribution in [-0.4, -0.2) is 54.7 Å². The van der Waals surface area contributed by atoms with Gasteiger partial charge in [0.05, 0.1) is 23.7 Å². The number of carbonyl (C=O) groups is 3. The Bertz CT molecular complexity index is 1060. The number of thiophene rings is 1. The Labute approximate surface area is 225 Å². The van der Waals surface area contributed by atoms with E-state index in [1.807, 2.05) is 47.6 Å². The molecular formula is C29H42N2O5S. The van der Waals surface area contributed by atoms with Crippen molar-refractivity contribution < 1.29 is 23.9 Å². The van der Waals surface area contributed by atoms with E-state index < -0.39 is 11.6 Å². The van der Waals surface area contributed by atoms with Gasteiger partial charge in [-0.25, -0.2) is 9.59 Å². The first-order chi connectivity index (χ1) is 17.2. The molecule has 1 aliphatic heterocycles. The number of esters is 1. The van der Waals surface area contributed by atoms with Crippen molar-refractivity contribution >= 4 is 35.0 Å². The van der Waals surface area contributed by atoms with Crippen LogP contribution in [-0.2, 0) is 14.3 Å². The summed E-state index contributed by atoms with van der Waals surface area (Å²) >= 11 is 1.25. The van der Waals surface area contributed by atoms with Crippen molar-refractivity contribution in [3.63, 3.8) is 0 Å². The van der Waals surface area contributed by atoms with Crippen molar-refractivity contribution in [2.24, 2.45) is 17.3 Å². The third kappa shape index (κ3) is 7.73. The third-order valence-electron chi connectivity index (χ3n) is 6.69. The molecule has 1 saturated carbocycles. The predicted octanol–water partition coefficient (Wildman–Crippen LogP) is 6.10. The summed E-state index contributed by atoms with van der Waals surface area (Å²) in [5.74, 6) is 6.43. The van der Waals surface area contributed by atoms with E-state index >= 15 is 0 Å². The molecular weight excluding hydrogens is 488 g/mol. The molecule has 3 rings (SSSR count). The zero-order chi connectivity index (χ0) is 27.5. The maximum absolute atomic E-state index is 14.1. The number of amides is 2. The van der Waals surface area contributed by atoms with Gasteiger partial charge in [-0.3, -0.25) is 4.79 Å². The average Bonchev–Trinajstić information content (AvgIpc) is 3.44. The molecule has 2 aliphatic rings. The molecule has 8 heteroatoms. The van der Waals surface area contributed by atoms with Gasteiger partial charge < -0.3 is 19.3 Å². The Kier molecular flexibility index (Phi) is 9.00. The summed E-state index contributed by atoms with van der Waals surface area (Å²) in [6.45, 7) is 14.7. The minimum atomic E-state index is -0.602. The normalized spacial score (nSPS) is 22.2. The lowest BCUT2D eigenvalue weighted by molar-refractivity contribution is -0.124. The van der Waals surface area contributed by atoms with E-state index in [1.54, 1.807) is 9.80 Å². The fourth-order valence-corrected chi connectivity index (χ4v) is 5.68. The quantitative estimate of drug-likeness (QED) is 0.347. The Morgan fingerprint density at radius 3 is 2.27 bits per heavy atom. The summed E-state index contributed by atoms with van der Waals surface area (Å²) in [6, 6.07) is 1.58. The van der Waals surface area contributed by atoms with E-state index in [0.29, 0.717) is 40.9 Å². The molecule has 1 aliphatic carbocycles. The summed E-state index contributed by atoms with van der Waals surface area (Å²) in [5, 5.41) is 0. The van der Waals surface area contributed by atoms with Crippen LogP contribution in [0.1, 0.15) is 95.1 Å². The van der Waals surface area contributed by atoms with Crippen LogP contribution in [0, 0.1) is 29.1 Å². The zero-order valence-electron chi connectivity index (χ0n) is 23.6. The molecule has 204 valence electrons. The van der Waals surface area contributed by atoms with Gasteiger partial charge in [-0.1, -0.05) is 18.8 Å². The van der Waals surface area contributed by atoms with E-state index in [0.717, 1.165) is 25.7 Å². The van der Waals surface area contributed by atoms with E-state index in [4.69, 9.17) is 9.47 Å². The molecule has 1 aromatic heterocycles. The first-order valence-electron chi connectivity index (χ1n) is 13.2. The number of methoxy groups -OCH3 is 1. The molecule has 7 nitrogen and oxygen atoms in total. The molecule has 2 amide bonds. The number of ether oxygens (including phenoxy) is 2. The standard InChI is InChI=1S/C29H42N2O5S/c1-19-9-11-20(12-10-19)25(32)31(21-14-16-30(18-21)27(34)36-29(5,6)7)23-17-22(13-15-28(2,3)4)37-24(23)26(33)35-8/h17,19-21H,9-12,14,16,18H2,1-8H3/t19-,20-,21-/m0/s1. The number of rotatable bonds is 4. The molecule has 0 aromatic carbocycles. The Balaban J connectivity index is 2.00. The molecule has 0 radical (unpaired) electrons. The second kappa shape index (κ2) is 11.5. The van der Waals surface area contributed by atoms with Crippen LogP contribution in [0.3, 0.4) is 0 Å². The van der Waals surface area contributed by atoms with Gasteiger partial charge in [-0.2, -0.15) is 0 Å². The highest BCUT2D eigenvalue weighted by atomic mass is 32.1. The lowest BCUT2D eigenvalue weighted by Crippen LogP contribution is -2.47. The molecule has 37 heavy (non-hydrogen) atoms. The molecule has 1 atom stereocenters. The summed E-state index contributed by atoms with van der Waals surface area (Å²) in [4.78, 5) is 44.2. The number of hydrogen-bond acceptors (Lipinski definition) is 6. The second-order valence-corrected chi connectivity index (χ2v) is 13.4. The predicted molar refractivity (Wildman–Crippen MR) is 147 cm³/mol. The van der Waals surface area contributed by atoms with Crippen LogP contribution < -0.4 is 4.90 Å². The van der Waals surface area contributed by atoms with Crippen molar-refractivity contribution in [3.8, 4) is 11.8 Å². The Morgan fingerprint density at radius 1 is 1.05 bits per heavy atom. The van der Waals surface area contributed by atoms with E-state index in [2.05, 4.69) is 18.8 Å². The largest absolute Gasteiger partial charge is 0.465 e. The van der Waals surface area contributed by atoms with Crippen LogP contribution in [0.2, 0.25) is 0 Å². The van der Waals surface area contributed by atoms with Crippen LogP contribution in [0.15, 0.2) is 6.07 Å². The Hall–Kier alpha value is -2.53. The van der Waals surface area contributed by atoms with Gasteiger partial charge in [0.1, 0.15) is 10.5 Å². The van der Waals surface area contributed by atoms with Gasteiger partial charge in [-0.15, -0.1) is 11.3 Å². The number of anilines is 1. The minimum absolute atomic E-state index is 0.0150. The summed E-state index contributed by atoms with van der Waals surface area (Å²) < 4.78 is 10.7. The molecule has 1 saturated heterocycles. The summed E-state index contributed by atoms with van der Waals surface area (Å²) in [6.07, 6.45) is 3.89. The smallest absolute Gasteiger partial charge is 0.410 e. The highest BCUT2D eigenvalue weighted by molar-refractivity contribution is 7.15. The van der Waals surface area contributed by atoms with Gasteiger partial charge in [0.25, 0.3) is 0 Å². The molecule has 0 bridgehead atoms. The number of carbonyl (C=O) groups excluding carboxylic acids is 3. The first kappa shape index (κ1) is 29.0. The molecule has 0 N–H and O–H groups in total. The molecule has 0 spiro atoms. The van der Waals surface area contributed by atoms with Crippen molar-refractivity contribution in [1.82, 2.24) is 4.90 Å². The Morgan fingerprint density at radius 2 is 1.70 bits per heavy atom. The molecule has 1 aromatic rings. The third-order valence-corrected chi connectivity index (χ3v) is 7.71. The molecule has 2 heterocycles. The number of likely N-dealkylation sites (tertiary alicyclic amines) is 1. The lowest BCUT2D eigenvalue weighted by atomic mass is 9.82. The van der Waals surface area contributed by atoms with Crippen molar-refractivity contribution in [2.45, 2.75) is 92.2 Å². The monoisotopic (exact) mass is 530 g/mol. The first-order valence-corrected chi connectivity index (χ1v) is 14.1. The van der Waals surface area contributed by atoms with Gasteiger partial charge >= 0.3 is 12.1 Å². The highest BCUT2D eigenvalue weighted by Crippen LogP contribution is 2.38. The molecule has 2 fully saturated rings. The van der Waals surface area contributed by atoms with E-state index in [9.17, 15) is 14.4 Å². The summed E-state index contributed by atoms with van der Waals surface area (Å²) in [7, 11) is 1.35. The molecule has 0 unspecified atom stereocenters. The minimum Gasteiger partial charge on any atom is -0.465 e. The van der Waals surface area contributed by atoms with E-state index in [-0.39, 0.29) is 29.4 Å². The van der Waals surface area contributed by atoms with E-state index in [1.165, 1.54) is 18.4 Å². The van der Waals surface area contributed by atoms with Crippen LogP contribution in [0.25, 0.3) is 0 Å². The fraction of sp³-hybridized carbons (Fsp3) is 0.690. The number of hydrogen-bond donors (Lipinski definition) is 0. The van der Waals surface area contributed by atoms with Crippen LogP contribution >= 0.6 is 11.3 Å².